The fraction of sp³-hybridized carbons (Fsp3) is 0.667. The molecule has 0 spiro atoms. The van der Waals surface area contributed by atoms with E-state index in [2.05, 4.69) is 0 Å². The van der Waals surface area contributed by atoms with Gasteiger partial charge in [0.1, 0.15) is 0 Å². The molecule has 1 heterocycles. The quantitative estimate of drug-likeness (QED) is 0.538. The first kappa shape index (κ1) is 12.3. The van der Waals surface area contributed by atoms with Crippen molar-refractivity contribution in [1.82, 2.24) is 4.90 Å². The predicted molar refractivity (Wildman–Crippen MR) is 59.5 cm³/mol. The topological polar surface area (TPSA) is 77.8 Å². The Morgan fingerprint density at radius 2 is 1.65 bits per heavy atom. The first-order chi connectivity index (χ1) is 8.08. The zero-order valence-electron chi connectivity index (χ0n) is 9.58. The van der Waals surface area contributed by atoms with Crippen LogP contribution in [0, 0.1) is 11.8 Å². The van der Waals surface area contributed by atoms with Gasteiger partial charge in [0.15, 0.2) is 6.29 Å². The highest BCUT2D eigenvalue weighted by molar-refractivity contribution is 6.12. The van der Waals surface area contributed by atoms with Crippen molar-refractivity contribution in [1.29, 1.82) is 0 Å². The number of carbonyl (C=O) groups is 2. The summed E-state index contributed by atoms with van der Waals surface area (Å²) in [5.74, 6) is -0.245. The molecule has 2 aliphatic rings. The van der Waals surface area contributed by atoms with Gasteiger partial charge in [0.05, 0.1) is 0 Å². The van der Waals surface area contributed by atoms with Crippen LogP contribution in [0.4, 0.5) is 0 Å². The molecule has 0 unspecified atom stereocenters. The number of amides is 2. The molecule has 1 aliphatic heterocycles. The van der Waals surface area contributed by atoms with Crippen LogP contribution in [0.3, 0.4) is 0 Å². The van der Waals surface area contributed by atoms with E-state index in [1.165, 1.54) is 17.1 Å². The molecule has 5 nitrogen and oxygen atoms in total. The number of rotatable bonds is 3. The molecule has 1 saturated carbocycles. The number of carbonyl (C=O) groups excluding carboxylic acids is 2. The standard InChI is InChI=1S/C12H17NO4/c14-10-5-6-11(15)13(10)7-8-1-3-9(4-2-8)12(16)17/h5-6,8-9,12,16-17H,1-4,7H2. The Morgan fingerprint density at radius 3 is 2.12 bits per heavy atom. The molecular weight excluding hydrogens is 222 g/mol. The maximum absolute atomic E-state index is 11.4. The van der Waals surface area contributed by atoms with Crippen LogP contribution < -0.4 is 0 Å². The molecule has 2 amide bonds. The second kappa shape index (κ2) is 4.98. The number of hydrogen-bond donors (Lipinski definition) is 2. The summed E-state index contributed by atoms with van der Waals surface area (Å²) in [6.45, 7) is 0.457. The molecule has 2 rings (SSSR count). The van der Waals surface area contributed by atoms with Crippen LogP contribution in [0.15, 0.2) is 12.2 Å². The molecule has 0 bridgehead atoms. The fourth-order valence-electron chi connectivity index (χ4n) is 2.54. The Morgan fingerprint density at radius 1 is 1.12 bits per heavy atom. The average Bonchev–Trinajstić information content (AvgIpc) is 2.61. The highest BCUT2D eigenvalue weighted by atomic mass is 16.5. The zero-order chi connectivity index (χ0) is 12.4. The Hall–Kier alpha value is -1.20. The van der Waals surface area contributed by atoms with Crippen molar-refractivity contribution in [2.24, 2.45) is 11.8 Å². The van der Waals surface area contributed by atoms with Crippen LogP contribution in [-0.4, -0.2) is 39.8 Å². The van der Waals surface area contributed by atoms with E-state index in [0.29, 0.717) is 6.54 Å². The van der Waals surface area contributed by atoms with E-state index in [-0.39, 0.29) is 23.7 Å². The van der Waals surface area contributed by atoms with Gasteiger partial charge in [0, 0.05) is 24.6 Å². The lowest BCUT2D eigenvalue weighted by atomic mass is 9.81. The lowest BCUT2D eigenvalue weighted by molar-refractivity contribution is -0.138. The highest BCUT2D eigenvalue weighted by Crippen LogP contribution is 2.31. The van der Waals surface area contributed by atoms with E-state index in [1.54, 1.807) is 0 Å². The van der Waals surface area contributed by atoms with Gasteiger partial charge >= 0.3 is 0 Å². The molecule has 1 aliphatic carbocycles. The summed E-state index contributed by atoms with van der Waals surface area (Å²) in [6.07, 6.45) is 4.50. The SMILES string of the molecule is O=C1C=CC(=O)N1CC1CCC(C(O)O)CC1. The molecule has 1 fully saturated rings. The smallest absolute Gasteiger partial charge is 0.253 e. The molecule has 0 aromatic carbocycles. The third kappa shape index (κ3) is 2.73. The first-order valence-electron chi connectivity index (χ1n) is 5.97. The average molecular weight is 239 g/mol. The first-order valence-corrected chi connectivity index (χ1v) is 5.97. The third-order valence-electron chi connectivity index (χ3n) is 3.65. The molecule has 0 aromatic heterocycles. The minimum atomic E-state index is -1.24. The summed E-state index contributed by atoms with van der Waals surface area (Å²) in [4.78, 5) is 24.0. The minimum absolute atomic E-state index is 0.0608. The van der Waals surface area contributed by atoms with Gasteiger partial charge in [0.25, 0.3) is 11.8 Å². The summed E-state index contributed by atoms with van der Waals surface area (Å²) in [5, 5.41) is 18.1. The van der Waals surface area contributed by atoms with Crippen molar-refractivity contribution >= 4 is 11.8 Å². The van der Waals surface area contributed by atoms with Crippen molar-refractivity contribution < 1.29 is 19.8 Å². The largest absolute Gasteiger partial charge is 0.368 e. The fourth-order valence-corrected chi connectivity index (χ4v) is 2.54. The van der Waals surface area contributed by atoms with Gasteiger partial charge in [-0.15, -0.1) is 0 Å². The predicted octanol–water partition coefficient (Wildman–Crippen LogP) is 0.0285. The van der Waals surface area contributed by atoms with Gasteiger partial charge in [-0.25, -0.2) is 0 Å². The Balaban J connectivity index is 1.82. The molecule has 5 heteroatoms. The molecular formula is C12H17NO4. The molecule has 0 aromatic rings. The number of aliphatic hydroxyl groups is 2. The van der Waals surface area contributed by atoms with Crippen LogP contribution in [0.1, 0.15) is 25.7 Å². The van der Waals surface area contributed by atoms with Crippen molar-refractivity contribution in [2.45, 2.75) is 32.0 Å². The lowest BCUT2D eigenvalue weighted by Crippen LogP contribution is -2.37. The summed E-state index contributed by atoms with van der Waals surface area (Å²) in [5.41, 5.74) is 0. The van der Waals surface area contributed by atoms with Crippen LogP contribution in [0.25, 0.3) is 0 Å². The van der Waals surface area contributed by atoms with Crippen molar-refractivity contribution in [2.75, 3.05) is 6.54 Å². The highest BCUT2D eigenvalue weighted by Gasteiger charge is 2.30. The summed E-state index contributed by atoms with van der Waals surface area (Å²) in [6, 6.07) is 0. The number of imide groups is 1. The van der Waals surface area contributed by atoms with Crippen LogP contribution in [0.5, 0.6) is 0 Å². The number of hydrogen-bond acceptors (Lipinski definition) is 4. The van der Waals surface area contributed by atoms with E-state index in [4.69, 9.17) is 10.2 Å². The normalized spacial score (nSPS) is 29.5. The van der Waals surface area contributed by atoms with Crippen molar-refractivity contribution in [3.8, 4) is 0 Å². The van der Waals surface area contributed by atoms with E-state index in [1.807, 2.05) is 0 Å². The third-order valence-corrected chi connectivity index (χ3v) is 3.65. The van der Waals surface area contributed by atoms with E-state index >= 15 is 0 Å². The summed E-state index contributed by atoms with van der Waals surface area (Å²) in [7, 11) is 0. The van der Waals surface area contributed by atoms with Gasteiger partial charge in [-0.1, -0.05) is 0 Å². The Bertz CT molecular complexity index is 324. The zero-order valence-corrected chi connectivity index (χ0v) is 9.58. The van der Waals surface area contributed by atoms with Gasteiger partial charge in [-0.2, -0.15) is 0 Å². The Labute approximate surface area is 99.7 Å². The van der Waals surface area contributed by atoms with Crippen LogP contribution in [0.2, 0.25) is 0 Å². The monoisotopic (exact) mass is 239 g/mol. The second-order valence-corrected chi connectivity index (χ2v) is 4.81. The molecule has 0 atom stereocenters. The van der Waals surface area contributed by atoms with Gasteiger partial charge in [0.2, 0.25) is 0 Å². The van der Waals surface area contributed by atoms with E-state index in [9.17, 15) is 9.59 Å². The van der Waals surface area contributed by atoms with Gasteiger partial charge in [-0.05, 0) is 31.6 Å². The number of nitrogens with zero attached hydrogens (tertiary/aromatic N) is 1. The minimum Gasteiger partial charge on any atom is -0.368 e. The molecule has 2 N–H and O–H groups in total. The van der Waals surface area contributed by atoms with Gasteiger partial charge in [-0.3, -0.25) is 14.5 Å². The Kier molecular flexibility index (Phi) is 3.59. The van der Waals surface area contributed by atoms with Crippen molar-refractivity contribution in [3.05, 3.63) is 12.2 Å². The van der Waals surface area contributed by atoms with Gasteiger partial charge < -0.3 is 10.2 Å². The molecule has 94 valence electrons. The molecule has 17 heavy (non-hydrogen) atoms. The maximum atomic E-state index is 11.4. The van der Waals surface area contributed by atoms with Crippen LogP contribution >= 0.6 is 0 Å². The number of aliphatic hydroxyl groups excluding tert-OH is 1. The van der Waals surface area contributed by atoms with E-state index in [0.717, 1.165) is 25.7 Å². The molecule has 0 saturated heterocycles. The van der Waals surface area contributed by atoms with Crippen molar-refractivity contribution in [3.63, 3.8) is 0 Å². The second-order valence-electron chi connectivity index (χ2n) is 4.81. The summed E-state index contributed by atoms with van der Waals surface area (Å²) < 4.78 is 0. The van der Waals surface area contributed by atoms with Crippen LogP contribution in [-0.2, 0) is 9.59 Å². The maximum Gasteiger partial charge on any atom is 0.253 e. The van der Waals surface area contributed by atoms with E-state index < -0.39 is 6.29 Å². The molecule has 0 radical (unpaired) electrons. The summed E-state index contributed by atoms with van der Waals surface area (Å²) >= 11 is 0. The lowest BCUT2D eigenvalue weighted by Gasteiger charge is -2.31.